The molecule has 0 aromatic rings. The number of piperidine rings is 1. The van der Waals surface area contributed by atoms with Crippen molar-refractivity contribution in [3.8, 4) is 0 Å². The smallest absolute Gasteiger partial charge is 0.407 e. The number of carbonyl (C=O) groups is 1. The molecule has 3 rings (SSSR count). The summed E-state index contributed by atoms with van der Waals surface area (Å²) in [5.74, 6) is 1.08. The third-order valence-electron chi connectivity index (χ3n) is 5.34. The van der Waals surface area contributed by atoms with Crippen molar-refractivity contribution >= 4 is 6.09 Å². The van der Waals surface area contributed by atoms with Crippen molar-refractivity contribution in [1.29, 1.82) is 0 Å². The monoisotopic (exact) mass is 339 g/mol. The number of carbonyl (C=O) groups excluding carboxylic acids is 1. The van der Waals surface area contributed by atoms with Crippen molar-refractivity contribution in [3.05, 3.63) is 0 Å². The Kier molecular flexibility index (Phi) is 5.67. The van der Waals surface area contributed by atoms with E-state index in [4.69, 9.17) is 9.47 Å². The van der Waals surface area contributed by atoms with E-state index in [1.807, 2.05) is 20.8 Å². The second-order valence-electron chi connectivity index (χ2n) is 8.46. The van der Waals surface area contributed by atoms with Gasteiger partial charge in [-0.2, -0.15) is 0 Å². The molecule has 1 aliphatic carbocycles. The Labute approximate surface area is 145 Å². The minimum atomic E-state index is -0.465. The topological polar surface area (TPSA) is 71.6 Å². The van der Waals surface area contributed by atoms with Crippen molar-refractivity contribution in [1.82, 2.24) is 16.0 Å². The number of fused-ring (bicyclic) bond motifs is 1. The zero-order chi connectivity index (χ0) is 17.2. The molecule has 0 aromatic carbocycles. The van der Waals surface area contributed by atoms with Crippen molar-refractivity contribution < 1.29 is 14.3 Å². The molecule has 6 nitrogen and oxygen atoms in total. The zero-order valence-corrected chi connectivity index (χ0v) is 15.3. The molecular weight excluding hydrogens is 306 g/mol. The molecule has 3 aliphatic rings. The molecule has 5 unspecified atom stereocenters. The standard InChI is InChI=1S/C18H33N3O3/c1-18(2,3)24-17(22)21-14-13-7-5-9-23-16(13)15(14)20-11-12-6-4-8-19-10-12/h12-16,19-20H,4-11H2,1-3H3,(H,21,22). The highest BCUT2D eigenvalue weighted by Gasteiger charge is 2.53. The fourth-order valence-electron chi connectivity index (χ4n) is 4.19. The summed E-state index contributed by atoms with van der Waals surface area (Å²) in [6, 6.07) is 0.312. The van der Waals surface area contributed by atoms with E-state index in [2.05, 4.69) is 16.0 Å². The van der Waals surface area contributed by atoms with Gasteiger partial charge in [0.15, 0.2) is 0 Å². The number of nitrogens with one attached hydrogen (secondary N) is 3. The molecule has 1 saturated carbocycles. The van der Waals surface area contributed by atoms with Crippen LogP contribution in [0.4, 0.5) is 4.79 Å². The van der Waals surface area contributed by atoms with E-state index in [-0.39, 0.29) is 24.3 Å². The SMILES string of the molecule is CC(C)(C)OC(=O)NC1C2CCCOC2C1NCC1CCCNC1. The number of rotatable bonds is 4. The molecule has 0 radical (unpaired) electrons. The van der Waals surface area contributed by atoms with Crippen molar-refractivity contribution in [2.75, 3.05) is 26.2 Å². The van der Waals surface area contributed by atoms with E-state index >= 15 is 0 Å². The molecule has 24 heavy (non-hydrogen) atoms. The van der Waals surface area contributed by atoms with Crippen LogP contribution in [0.25, 0.3) is 0 Å². The van der Waals surface area contributed by atoms with Crippen molar-refractivity contribution in [3.63, 3.8) is 0 Å². The van der Waals surface area contributed by atoms with Crippen molar-refractivity contribution in [2.24, 2.45) is 11.8 Å². The predicted molar refractivity (Wildman–Crippen MR) is 93.0 cm³/mol. The number of amides is 1. The number of ether oxygens (including phenoxy) is 2. The zero-order valence-electron chi connectivity index (χ0n) is 15.3. The van der Waals surface area contributed by atoms with Crippen LogP contribution in [-0.2, 0) is 9.47 Å². The maximum atomic E-state index is 12.2. The first kappa shape index (κ1) is 18.0. The second kappa shape index (κ2) is 7.58. The average Bonchev–Trinajstić information content (AvgIpc) is 2.52. The highest BCUT2D eigenvalue weighted by molar-refractivity contribution is 5.68. The van der Waals surface area contributed by atoms with E-state index < -0.39 is 5.60 Å². The lowest BCUT2D eigenvalue weighted by Crippen LogP contribution is -2.73. The lowest BCUT2D eigenvalue weighted by molar-refractivity contribution is -0.128. The third kappa shape index (κ3) is 4.41. The second-order valence-corrected chi connectivity index (χ2v) is 8.46. The summed E-state index contributed by atoms with van der Waals surface area (Å²) in [5.41, 5.74) is -0.465. The first-order valence-electron chi connectivity index (χ1n) is 9.49. The molecule has 2 saturated heterocycles. The van der Waals surface area contributed by atoms with Crippen LogP contribution in [0, 0.1) is 11.8 Å². The average molecular weight is 339 g/mol. The summed E-state index contributed by atoms with van der Waals surface area (Å²) in [7, 11) is 0. The van der Waals surface area contributed by atoms with Gasteiger partial charge in [0.25, 0.3) is 0 Å². The number of hydrogen-bond donors (Lipinski definition) is 3. The molecule has 3 N–H and O–H groups in total. The summed E-state index contributed by atoms with van der Waals surface area (Å²) in [4.78, 5) is 12.2. The van der Waals surface area contributed by atoms with E-state index in [9.17, 15) is 4.79 Å². The Morgan fingerprint density at radius 2 is 2.08 bits per heavy atom. The highest BCUT2D eigenvalue weighted by atomic mass is 16.6. The Morgan fingerprint density at radius 3 is 2.79 bits per heavy atom. The normalized spacial score (nSPS) is 36.4. The van der Waals surface area contributed by atoms with Crippen LogP contribution in [0.3, 0.4) is 0 Å². The van der Waals surface area contributed by atoms with Gasteiger partial charge in [-0.25, -0.2) is 4.79 Å². The maximum Gasteiger partial charge on any atom is 0.407 e. The Balaban J connectivity index is 1.54. The van der Waals surface area contributed by atoms with Crippen LogP contribution in [0.2, 0.25) is 0 Å². The fraction of sp³-hybridized carbons (Fsp3) is 0.944. The molecule has 6 heteroatoms. The molecule has 0 aromatic heterocycles. The molecule has 0 bridgehead atoms. The lowest BCUT2D eigenvalue weighted by Gasteiger charge is -2.54. The lowest BCUT2D eigenvalue weighted by atomic mass is 9.68. The Bertz CT molecular complexity index is 432. The van der Waals surface area contributed by atoms with Crippen LogP contribution < -0.4 is 16.0 Å². The van der Waals surface area contributed by atoms with Gasteiger partial charge < -0.3 is 25.4 Å². The van der Waals surface area contributed by atoms with Gasteiger partial charge in [0, 0.05) is 12.5 Å². The summed E-state index contributed by atoms with van der Waals surface area (Å²) < 4.78 is 11.4. The van der Waals surface area contributed by atoms with Crippen LogP contribution >= 0.6 is 0 Å². The van der Waals surface area contributed by atoms with Gasteiger partial charge in [0.2, 0.25) is 0 Å². The first-order valence-corrected chi connectivity index (χ1v) is 9.49. The van der Waals surface area contributed by atoms with E-state index in [1.165, 1.54) is 12.8 Å². The van der Waals surface area contributed by atoms with Gasteiger partial charge in [0.05, 0.1) is 18.2 Å². The van der Waals surface area contributed by atoms with Gasteiger partial charge in [-0.15, -0.1) is 0 Å². The molecular formula is C18H33N3O3. The highest BCUT2D eigenvalue weighted by Crippen LogP contribution is 2.38. The van der Waals surface area contributed by atoms with Gasteiger partial charge in [-0.1, -0.05) is 0 Å². The number of alkyl carbamates (subject to hydrolysis) is 1. The summed E-state index contributed by atoms with van der Waals surface area (Å²) in [5, 5.41) is 10.2. The van der Waals surface area contributed by atoms with Gasteiger partial charge in [0.1, 0.15) is 5.60 Å². The minimum absolute atomic E-state index is 0.113. The molecule has 1 amide bonds. The van der Waals surface area contributed by atoms with E-state index in [1.54, 1.807) is 0 Å². The predicted octanol–water partition coefficient (Wildman–Crippen LogP) is 1.65. The molecule has 138 valence electrons. The molecule has 5 atom stereocenters. The maximum absolute atomic E-state index is 12.2. The van der Waals surface area contributed by atoms with Gasteiger partial charge in [-0.05, 0) is 72.0 Å². The third-order valence-corrected chi connectivity index (χ3v) is 5.34. The van der Waals surface area contributed by atoms with Gasteiger partial charge >= 0.3 is 6.09 Å². The van der Waals surface area contributed by atoms with Gasteiger partial charge in [-0.3, -0.25) is 0 Å². The summed E-state index contributed by atoms with van der Waals surface area (Å²) in [6.07, 6.45) is 4.63. The quantitative estimate of drug-likeness (QED) is 0.726. The largest absolute Gasteiger partial charge is 0.444 e. The summed E-state index contributed by atoms with van der Waals surface area (Å²) >= 11 is 0. The molecule has 3 fully saturated rings. The first-order chi connectivity index (χ1) is 11.4. The minimum Gasteiger partial charge on any atom is -0.444 e. The van der Waals surface area contributed by atoms with E-state index in [0.29, 0.717) is 11.8 Å². The van der Waals surface area contributed by atoms with Crippen LogP contribution in [0.1, 0.15) is 46.5 Å². The molecule has 0 spiro atoms. The molecule has 2 heterocycles. The molecule has 2 aliphatic heterocycles. The van der Waals surface area contributed by atoms with Crippen LogP contribution in [0.15, 0.2) is 0 Å². The Morgan fingerprint density at radius 1 is 1.25 bits per heavy atom. The van der Waals surface area contributed by atoms with Crippen molar-refractivity contribution in [2.45, 2.75) is 70.2 Å². The van der Waals surface area contributed by atoms with E-state index in [0.717, 1.165) is 39.1 Å². The number of hydrogen-bond acceptors (Lipinski definition) is 5. The summed E-state index contributed by atoms with van der Waals surface area (Å²) in [6.45, 7) is 9.72. The van der Waals surface area contributed by atoms with Crippen LogP contribution in [-0.4, -0.2) is 56.1 Å². The fourth-order valence-corrected chi connectivity index (χ4v) is 4.19. The van der Waals surface area contributed by atoms with Crippen LogP contribution in [0.5, 0.6) is 0 Å². The Hall–Kier alpha value is -0.850.